The molecular weight excluding hydrogens is 160 g/mol. The number of rotatable bonds is 1. The highest BCUT2D eigenvalue weighted by Crippen LogP contribution is 2.30. The van der Waals surface area contributed by atoms with Crippen LogP contribution in [-0.2, 0) is 4.74 Å². The number of hydrogen-bond donors (Lipinski definition) is 3. The summed E-state index contributed by atoms with van der Waals surface area (Å²) in [5.74, 6) is 0. The standard InChI is InChI=1S/C8H16O4/c1-3-8(2)4-5(9)6(10)7(11)12-8/h5-7,9-11H,3-4H2,1-2H3/t5-,6-,7+,8?/m0/s1. The lowest BCUT2D eigenvalue weighted by Crippen LogP contribution is -2.53. The summed E-state index contributed by atoms with van der Waals surface area (Å²) in [6.07, 6.45) is -2.27. The second-order valence-electron chi connectivity index (χ2n) is 3.57. The van der Waals surface area contributed by atoms with Gasteiger partial charge in [-0.2, -0.15) is 0 Å². The van der Waals surface area contributed by atoms with Crippen LogP contribution in [0.2, 0.25) is 0 Å². The van der Waals surface area contributed by atoms with E-state index in [1.807, 2.05) is 13.8 Å². The molecule has 0 radical (unpaired) electrons. The van der Waals surface area contributed by atoms with Gasteiger partial charge in [-0.3, -0.25) is 0 Å². The first-order valence-corrected chi connectivity index (χ1v) is 4.20. The fraction of sp³-hybridized carbons (Fsp3) is 1.00. The molecule has 1 aliphatic rings. The zero-order valence-corrected chi connectivity index (χ0v) is 7.40. The Morgan fingerprint density at radius 3 is 2.42 bits per heavy atom. The van der Waals surface area contributed by atoms with Crippen LogP contribution in [0.4, 0.5) is 0 Å². The van der Waals surface area contributed by atoms with E-state index in [-0.39, 0.29) is 0 Å². The number of aliphatic hydroxyl groups excluding tert-OH is 3. The van der Waals surface area contributed by atoms with E-state index in [4.69, 9.17) is 9.84 Å². The van der Waals surface area contributed by atoms with Crippen molar-refractivity contribution in [2.24, 2.45) is 0 Å². The Kier molecular flexibility index (Phi) is 2.73. The highest BCUT2D eigenvalue weighted by Gasteiger charge is 2.41. The van der Waals surface area contributed by atoms with Crippen LogP contribution in [-0.4, -0.2) is 39.4 Å². The van der Waals surface area contributed by atoms with Crippen LogP contribution in [0, 0.1) is 0 Å². The van der Waals surface area contributed by atoms with Gasteiger partial charge in [0.05, 0.1) is 11.7 Å². The molecule has 12 heavy (non-hydrogen) atoms. The summed E-state index contributed by atoms with van der Waals surface area (Å²) in [6.45, 7) is 3.72. The topological polar surface area (TPSA) is 69.9 Å². The zero-order valence-electron chi connectivity index (χ0n) is 7.40. The third-order valence-electron chi connectivity index (χ3n) is 2.48. The molecule has 72 valence electrons. The predicted octanol–water partition coefficient (Wildman–Crippen LogP) is -0.384. The maximum absolute atomic E-state index is 9.32. The van der Waals surface area contributed by atoms with E-state index in [1.165, 1.54) is 0 Å². The molecule has 4 heteroatoms. The van der Waals surface area contributed by atoms with Crippen LogP contribution in [0.1, 0.15) is 26.7 Å². The van der Waals surface area contributed by atoms with E-state index in [0.29, 0.717) is 12.8 Å². The van der Waals surface area contributed by atoms with E-state index < -0.39 is 24.1 Å². The molecular formula is C8H16O4. The van der Waals surface area contributed by atoms with Gasteiger partial charge in [-0.15, -0.1) is 0 Å². The van der Waals surface area contributed by atoms with Gasteiger partial charge >= 0.3 is 0 Å². The lowest BCUT2D eigenvalue weighted by molar-refractivity contribution is -0.278. The van der Waals surface area contributed by atoms with Gasteiger partial charge in [0.25, 0.3) is 0 Å². The maximum Gasteiger partial charge on any atom is 0.184 e. The Balaban J connectivity index is 2.65. The average Bonchev–Trinajstić information content (AvgIpc) is 2.00. The van der Waals surface area contributed by atoms with Gasteiger partial charge in [-0.05, 0) is 13.3 Å². The minimum atomic E-state index is -1.27. The van der Waals surface area contributed by atoms with Crippen LogP contribution in [0.3, 0.4) is 0 Å². The summed E-state index contributed by atoms with van der Waals surface area (Å²) in [6, 6.07) is 0. The van der Waals surface area contributed by atoms with Gasteiger partial charge in [0, 0.05) is 6.42 Å². The van der Waals surface area contributed by atoms with Crippen molar-refractivity contribution in [3.8, 4) is 0 Å². The molecule has 1 fully saturated rings. The second kappa shape index (κ2) is 3.30. The number of ether oxygens (including phenoxy) is 1. The molecule has 4 nitrogen and oxygen atoms in total. The highest BCUT2D eigenvalue weighted by atomic mass is 16.6. The monoisotopic (exact) mass is 176 g/mol. The van der Waals surface area contributed by atoms with Crippen LogP contribution >= 0.6 is 0 Å². The highest BCUT2D eigenvalue weighted by molar-refractivity contribution is 4.87. The predicted molar refractivity (Wildman–Crippen MR) is 42.4 cm³/mol. The van der Waals surface area contributed by atoms with Crippen LogP contribution in [0.15, 0.2) is 0 Å². The van der Waals surface area contributed by atoms with Gasteiger partial charge in [-0.1, -0.05) is 6.92 Å². The molecule has 1 heterocycles. The van der Waals surface area contributed by atoms with Crippen LogP contribution in [0.5, 0.6) is 0 Å². The minimum absolute atomic E-state index is 0.363. The number of aliphatic hydroxyl groups is 3. The fourth-order valence-corrected chi connectivity index (χ4v) is 1.39. The first-order chi connectivity index (χ1) is 5.48. The lowest BCUT2D eigenvalue weighted by atomic mass is 9.90. The molecule has 0 aromatic rings. The van der Waals surface area contributed by atoms with E-state index in [2.05, 4.69) is 0 Å². The molecule has 0 saturated carbocycles. The molecule has 0 spiro atoms. The van der Waals surface area contributed by atoms with Gasteiger partial charge in [0.1, 0.15) is 6.10 Å². The third kappa shape index (κ3) is 1.77. The van der Waals surface area contributed by atoms with E-state index in [1.54, 1.807) is 0 Å². The summed E-state index contributed by atoms with van der Waals surface area (Å²) in [4.78, 5) is 0. The molecule has 4 atom stereocenters. The smallest absolute Gasteiger partial charge is 0.184 e. The Labute approximate surface area is 71.8 Å². The molecule has 0 aromatic carbocycles. The van der Waals surface area contributed by atoms with Gasteiger partial charge < -0.3 is 20.1 Å². The molecule has 0 aliphatic carbocycles. The van der Waals surface area contributed by atoms with Gasteiger partial charge in [0.15, 0.2) is 6.29 Å². The first kappa shape index (κ1) is 9.92. The summed E-state index contributed by atoms with van der Waals surface area (Å²) in [7, 11) is 0. The second-order valence-corrected chi connectivity index (χ2v) is 3.57. The Bertz CT molecular complexity index is 147. The molecule has 3 N–H and O–H groups in total. The molecule has 1 saturated heterocycles. The summed E-state index contributed by atoms with van der Waals surface area (Å²) >= 11 is 0. The maximum atomic E-state index is 9.32. The van der Waals surface area contributed by atoms with Crippen LogP contribution in [0.25, 0.3) is 0 Å². The summed E-state index contributed by atoms with van der Waals surface area (Å²) < 4.78 is 5.15. The van der Waals surface area contributed by atoms with Crippen molar-refractivity contribution in [3.63, 3.8) is 0 Å². The molecule has 1 aliphatic heterocycles. The normalized spacial score (nSPS) is 49.2. The van der Waals surface area contributed by atoms with Crippen molar-refractivity contribution >= 4 is 0 Å². The van der Waals surface area contributed by atoms with E-state index in [9.17, 15) is 10.2 Å². The van der Waals surface area contributed by atoms with E-state index in [0.717, 1.165) is 0 Å². The first-order valence-electron chi connectivity index (χ1n) is 4.20. The van der Waals surface area contributed by atoms with Gasteiger partial charge in [-0.25, -0.2) is 0 Å². The Morgan fingerprint density at radius 1 is 1.42 bits per heavy atom. The largest absolute Gasteiger partial charge is 0.390 e. The lowest BCUT2D eigenvalue weighted by Gasteiger charge is -2.41. The van der Waals surface area contributed by atoms with Crippen molar-refractivity contribution in [1.82, 2.24) is 0 Å². The Hall–Kier alpha value is -0.160. The van der Waals surface area contributed by atoms with Crippen molar-refractivity contribution in [1.29, 1.82) is 0 Å². The van der Waals surface area contributed by atoms with Crippen LogP contribution < -0.4 is 0 Å². The van der Waals surface area contributed by atoms with Gasteiger partial charge in [0.2, 0.25) is 0 Å². The third-order valence-corrected chi connectivity index (χ3v) is 2.48. The molecule has 0 amide bonds. The molecule has 0 bridgehead atoms. The van der Waals surface area contributed by atoms with Crippen molar-refractivity contribution in [3.05, 3.63) is 0 Å². The number of hydrogen-bond acceptors (Lipinski definition) is 4. The van der Waals surface area contributed by atoms with Crippen molar-refractivity contribution < 1.29 is 20.1 Å². The minimum Gasteiger partial charge on any atom is -0.390 e. The van der Waals surface area contributed by atoms with E-state index >= 15 is 0 Å². The zero-order chi connectivity index (χ0) is 9.35. The molecule has 1 rings (SSSR count). The van der Waals surface area contributed by atoms with Crippen molar-refractivity contribution in [2.75, 3.05) is 0 Å². The SMILES string of the molecule is CCC1(C)C[C@H](O)[C@H](O)[C@H](O)O1. The van der Waals surface area contributed by atoms with Crippen molar-refractivity contribution in [2.45, 2.75) is 50.8 Å². The molecule has 1 unspecified atom stereocenters. The summed E-state index contributed by atoms with van der Waals surface area (Å²) in [5.41, 5.74) is -0.516. The average molecular weight is 176 g/mol. The summed E-state index contributed by atoms with van der Waals surface area (Å²) in [5, 5.41) is 27.7. The molecule has 0 aromatic heterocycles. The fourth-order valence-electron chi connectivity index (χ4n) is 1.39. The quantitative estimate of drug-likeness (QED) is 0.509. The Morgan fingerprint density at radius 2 is 2.00 bits per heavy atom.